The van der Waals surface area contributed by atoms with Crippen LogP contribution in [0, 0.1) is 12.8 Å². The first-order valence-electron chi connectivity index (χ1n) is 6.91. The van der Waals surface area contributed by atoms with E-state index in [1.165, 1.54) is 11.1 Å². The Balaban J connectivity index is 2.87. The smallest absolute Gasteiger partial charge is 0.122 e. The molecule has 1 rings (SSSR count). The minimum atomic E-state index is 0.218. The van der Waals surface area contributed by atoms with Crippen molar-refractivity contribution >= 4 is 0 Å². The Kier molecular flexibility index (Phi) is 5.67. The summed E-state index contributed by atoms with van der Waals surface area (Å²) in [7, 11) is 0. The first-order valence-corrected chi connectivity index (χ1v) is 6.91. The quantitative estimate of drug-likeness (QED) is 0.830. The van der Waals surface area contributed by atoms with Gasteiger partial charge in [-0.1, -0.05) is 26.0 Å². The fraction of sp³-hybridized carbons (Fsp3) is 0.625. The molecule has 0 fully saturated rings. The second-order valence-electron chi connectivity index (χ2n) is 5.75. The second-order valence-corrected chi connectivity index (χ2v) is 5.75. The molecule has 0 spiro atoms. The molecular weight excluding hydrogens is 222 g/mol. The van der Waals surface area contributed by atoms with E-state index >= 15 is 0 Å². The molecule has 1 aromatic carbocycles. The third-order valence-electron chi connectivity index (χ3n) is 3.07. The van der Waals surface area contributed by atoms with Crippen LogP contribution in [0.2, 0.25) is 0 Å². The zero-order valence-electron chi connectivity index (χ0n) is 12.4. The van der Waals surface area contributed by atoms with Gasteiger partial charge >= 0.3 is 0 Å². The van der Waals surface area contributed by atoms with Crippen LogP contribution in [0.25, 0.3) is 0 Å². The summed E-state index contributed by atoms with van der Waals surface area (Å²) in [4.78, 5) is 0. The zero-order chi connectivity index (χ0) is 13.7. The molecule has 18 heavy (non-hydrogen) atoms. The lowest BCUT2D eigenvalue weighted by Crippen LogP contribution is -2.15. The van der Waals surface area contributed by atoms with E-state index < -0.39 is 0 Å². The molecule has 0 saturated heterocycles. The van der Waals surface area contributed by atoms with E-state index in [-0.39, 0.29) is 6.10 Å². The van der Waals surface area contributed by atoms with E-state index in [1.54, 1.807) is 0 Å². The Morgan fingerprint density at radius 2 is 1.83 bits per heavy atom. The molecule has 0 saturated carbocycles. The van der Waals surface area contributed by atoms with Crippen molar-refractivity contribution in [1.29, 1.82) is 0 Å². The van der Waals surface area contributed by atoms with Gasteiger partial charge in [-0.15, -0.1) is 0 Å². The highest BCUT2D eigenvalue weighted by Crippen LogP contribution is 2.27. The van der Waals surface area contributed by atoms with E-state index in [1.807, 2.05) is 0 Å². The van der Waals surface area contributed by atoms with Crippen LogP contribution in [0.3, 0.4) is 0 Å². The van der Waals surface area contributed by atoms with Gasteiger partial charge < -0.3 is 10.5 Å². The third-order valence-corrected chi connectivity index (χ3v) is 3.07. The van der Waals surface area contributed by atoms with Crippen molar-refractivity contribution in [1.82, 2.24) is 0 Å². The summed E-state index contributed by atoms with van der Waals surface area (Å²) >= 11 is 0. The Morgan fingerprint density at radius 3 is 2.28 bits per heavy atom. The van der Waals surface area contributed by atoms with Gasteiger partial charge in [0.25, 0.3) is 0 Å². The van der Waals surface area contributed by atoms with Gasteiger partial charge in [-0.05, 0) is 62.8 Å². The molecule has 0 aliphatic rings. The third kappa shape index (κ3) is 4.34. The SMILES string of the molecule is Cc1cc(C(CN)CC(C)C)ccc1OC(C)C. The lowest BCUT2D eigenvalue weighted by atomic mass is 9.89. The molecule has 1 aromatic rings. The molecule has 0 heterocycles. The van der Waals surface area contributed by atoms with Crippen LogP contribution in [-0.2, 0) is 0 Å². The van der Waals surface area contributed by atoms with Gasteiger partial charge in [-0.25, -0.2) is 0 Å². The van der Waals surface area contributed by atoms with Crippen molar-refractivity contribution in [3.63, 3.8) is 0 Å². The van der Waals surface area contributed by atoms with Crippen LogP contribution in [0.1, 0.15) is 51.2 Å². The molecular formula is C16H27NO. The largest absolute Gasteiger partial charge is 0.491 e. The molecule has 2 heteroatoms. The fourth-order valence-electron chi connectivity index (χ4n) is 2.25. The van der Waals surface area contributed by atoms with Gasteiger partial charge in [0.2, 0.25) is 0 Å². The van der Waals surface area contributed by atoms with E-state index in [9.17, 15) is 0 Å². The van der Waals surface area contributed by atoms with Crippen LogP contribution in [0.15, 0.2) is 18.2 Å². The van der Waals surface area contributed by atoms with Crippen molar-refractivity contribution in [2.75, 3.05) is 6.54 Å². The summed E-state index contributed by atoms with van der Waals surface area (Å²) in [5.41, 5.74) is 8.42. The Labute approximate surface area is 112 Å². The molecule has 102 valence electrons. The maximum atomic E-state index is 5.89. The number of benzene rings is 1. The molecule has 0 radical (unpaired) electrons. The number of hydrogen-bond acceptors (Lipinski definition) is 2. The predicted octanol–water partition coefficient (Wildman–Crippen LogP) is 3.87. The standard InChI is InChI=1S/C16H27NO/c1-11(2)8-15(10-17)14-6-7-16(13(5)9-14)18-12(3)4/h6-7,9,11-12,15H,8,10,17H2,1-5H3. The average molecular weight is 249 g/mol. The fourth-order valence-corrected chi connectivity index (χ4v) is 2.25. The van der Waals surface area contributed by atoms with Crippen molar-refractivity contribution < 1.29 is 4.74 Å². The van der Waals surface area contributed by atoms with Crippen LogP contribution >= 0.6 is 0 Å². The van der Waals surface area contributed by atoms with E-state index in [2.05, 4.69) is 52.8 Å². The number of rotatable bonds is 6. The molecule has 0 amide bonds. The molecule has 0 aliphatic carbocycles. The molecule has 0 aromatic heterocycles. The Bertz CT molecular complexity index is 371. The van der Waals surface area contributed by atoms with Crippen LogP contribution in [-0.4, -0.2) is 12.6 Å². The minimum Gasteiger partial charge on any atom is -0.491 e. The number of hydrogen-bond donors (Lipinski definition) is 1. The van der Waals surface area contributed by atoms with Crippen LogP contribution in [0.5, 0.6) is 5.75 Å². The van der Waals surface area contributed by atoms with Gasteiger partial charge in [0.1, 0.15) is 5.75 Å². The van der Waals surface area contributed by atoms with E-state index in [0.29, 0.717) is 18.4 Å². The highest BCUT2D eigenvalue weighted by atomic mass is 16.5. The van der Waals surface area contributed by atoms with Crippen molar-refractivity contribution in [2.24, 2.45) is 11.7 Å². The lowest BCUT2D eigenvalue weighted by molar-refractivity contribution is 0.240. The predicted molar refractivity (Wildman–Crippen MR) is 78.2 cm³/mol. The number of ether oxygens (including phenoxy) is 1. The maximum absolute atomic E-state index is 5.89. The van der Waals surface area contributed by atoms with Crippen molar-refractivity contribution in [3.8, 4) is 5.75 Å². The number of aryl methyl sites for hydroxylation is 1. The monoisotopic (exact) mass is 249 g/mol. The van der Waals surface area contributed by atoms with E-state index in [0.717, 1.165) is 12.2 Å². The molecule has 1 unspecified atom stereocenters. The first kappa shape index (κ1) is 15.0. The number of nitrogens with two attached hydrogens (primary N) is 1. The Morgan fingerprint density at radius 1 is 1.17 bits per heavy atom. The van der Waals surface area contributed by atoms with Crippen molar-refractivity contribution in [2.45, 2.75) is 53.1 Å². The highest BCUT2D eigenvalue weighted by Gasteiger charge is 2.13. The summed E-state index contributed by atoms with van der Waals surface area (Å²) < 4.78 is 5.76. The van der Waals surface area contributed by atoms with Gasteiger partial charge in [0.05, 0.1) is 6.10 Å². The summed E-state index contributed by atoms with van der Waals surface area (Å²) in [5, 5.41) is 0. The average Bonchev–Trinajstić information content (AvgIpc) is 2.28. The first-order chi connectivity index (χ1) is 8.43. The molecule has 0 aliphatic heterocycles. The summed E-state index contributed by atoms with van der Waals surface area (Å²) in [6, 6.07) is 6.45. The minimum absolute atomic E-state index is 0.218. The molecule has 2 nitrogen and oxygen atoms in total. The second kappa shape index (κ2) is 6.79. The Hall–Kier alpha value is -1.02. The molecule has 1 atom stereocenters. The zero-order valence-corrected chi connectivity index (χ0v) is 12.4. The van der Waals surface area contributed by atoms with Gasteiger partial charge in [-0.3, -0.25) is 0 Å². The van der Waals surface area contributed by atoms with Gasteiger partial charge in [0, 0.05) is 0 Å². The van der Waals surface area contributed by atoms with Crippen molar-refractivity contribution in [3.05, 3.63) is 29.3 Å². The van der Waals surface area contributed by atoms with Gasteiger partial charge in [-0.2, -0.15) is 0 Å². The molecule has 0 bridgehead atoms. The molecule has 2 N–H and O–H groups in total. The maximum Gasteiger partial charge on any atom is 0.122 e. The lowest BCUT2D eigenvalue weighted by Gasteiger charge is -2.19. The van der Waals surface area contributed by atoms with E-state index in [4.69, 9.17) is 10.5 Å². The van der Waals surface area contributed by atoms with Crippen LogP contribution < -0.4 is 10.5 Å². The van der Waals surface area contributed by atoms with Crippen LogP contribution in [0.4, 0.5) is 0 Å². The summed E-state index contributed by atoms with van der Waals surface area (Å²) in [6.45, 7) is 11.4. The van der Waals surface area contributed by atoms with Gasteiger partial charge in [0.15, 0.2) is 0 Å². The highest BCUT2D eigenvalue weighted by molar-refractivity contribution is 5.38. The summed E-state index contributed by atoms with van der Waals surface area (Å²) in [6.07, 6.45) is 1.36. The normalized spacial score (nSPS) is 13.1. The topological polar surface area (TPSA) is 35.2 Å². The summed E-state index contributed by atoms with van der Waals surface area (Å²) in [5.74, 6) is 2.11.